The van der Waals surface area contributed by atoms with Crippen LogP contribution in [0.2, 0.25) is 0 Å². The van der Waals surface area contributed by atoms with Crippen LogP contribution in [-0.4, -0.2) is 59.8 Å². The SMILES string of the molecule is Cc1[nH]c(/C=C2/C(=O)Nc3ccc(F)cc32)c(C)c1-c1ccc(C(=O)N2CCN(C)CC2)cc1. The minimum absolute atomic E-state index is 0.0609. The van der Waals surface area contributed by atoms with Crippen LogP contribution in [0.25, 0.3) is 22.8 Å². The first-order valence-electron chi connectivity index (χ1n) is 11.4. The molecule has 2 aliphatic heterocycles. The Bertz CT molecular complexity index is 1320. The van der Waals surface area contributed by atoms with E-state index in [0.29, 0.717) is 22.4 Å². The molecule has 1 aromatic heterocycles. The number of carbonyl (C=O) groups excluding carboxylic acids is 2. The third kappa shape index (κ3) is 3.92. The van der Waals surface area contributed by atoms with E-state index in [9.17, 15) is 14.0 Å². The number of nitrogens with one attached hydrogen (secondary N) is 2. The average Bonchev–Trinajstić information content (AvgIpc) is 3.28. The first-order chi connectivity index (χ1) is 16.3. The molecule has 0 saturated carbocycles. The van der Waals surface area contributed by atoms with Crippen LogP contribution < -0.4 is 5.32 Å². The molecule has 34 heavy (non-hydrogen) atoms. The molecule has 174 valence electrons. The second kappa shape index (κ2) is 8.57. The van der Waals surface area contributed by atoms with E-state index in [0.717, 1.165) is 54.3 Å². The van der Waals surface area contributed by atoms with Gasteiger partial charge in [-0.05, 0) is 68.4 Å². The van der Waals surface area contributed by atoms with E-state index in [2.05, 4.69) is 22.2 Å². The van der Waals surface area contributed by atoms with Gasteiger partial charge in [0.1, 0.15) is 5.82 Å². The van der Waals surface area contributed by atoms with Gasteiger partial charge in [-0.15, -0.1) is 0 Å². The maximum Gasteiger partial charge on any atom is 0.256 e. The second-order valence-electron chi connectivity index (χ2n) is 9.04. The van der Waals surface area contributed by atoms with Crippen molar-refractivity contribution in [1.82, 2.24) is 14.8 Å². The number of aromatic amines is 1. The summed E-state index contributed by atoms with van der Waals surface area (Å²) in [5.41, 5.74) is 7.05. The number of aryl methyl sites for hydroxylation is 1. The third-order valence-corrected chi connectivity index (χ3v) is 6.74. The molecule has 0 aliphatic carbocycles. The van der Waals surface area contributed by atoms with E-state index in [1.165, 1.54) is 12.1 Å². The fraction of sp³-hybridized carbons (Fsp3) is 0.259. The van der Waals surface area contributed by atoms with Crippen LogP contribution in [0.3, 0.4) is 0 Å². The predicted molar refractivity (Wildman–Crippen MR) is 132 cm³/mol. The molecule has 0 spiro atoms. The number of hydrogen-bond acceptors (Lipinski definition) is 3. The van der Waals surface area contributed by atoms with Crippen LogP contribution in [0.5, 0.6) is 0 Å². The van der Waals surface area contributed by atoms with Gasteiger partial charge in [0.25, 0.3) is 11.8 Å². The Balaban J connectivity index is 1.43. The fourth-order valence-electron chi connectivity index (χ4n) is 4.77. The number of rotatable bonds is 3. The predicted octanol–water partition coefficient (Wildman–Crippen LogP) is 4.32. The Kier molecular flexibility index (Phi) is 5.57. The molecule has 2 N–H and O–H groups in total. The molecule has 1 fully saturated rings. The van der Waals surface area contributed by atoms with Crippen molar-refractivity contribution in [2.45, 2.75) is 13.8 Å². The molecule has 7 heteroatoms. The summed E-state index contributed by atoms with van der Waals surface area (Å²) >= 11 is 0. The minimum atomic E-state index is -0.382. The number of halogens is 1. The summed E-state index contributed by atoms with van der Waals surface area (Å²) in [7, 11) is 2.07. The maximum absolute atomic E-state index is 13.8. The average molecular weight is 459 g/mol. The Labute approximate surface area is 198 Å². The van der Waals surface area contributed by atoms with Crippen molar-refractivity contribution in [2.24, 2.45) is 0 Å². The number of likely N-dealkylation sites (N-methyl/N-ethyl adjacent to an activating group) is 1. The zero-order valence-corrected chi connectivity index (χ0v) is 19.5. The van der Waals surface area contributed by atoms with Crippen LogP contribution in [0, 0.1) is 19.7 Å². The van der Waals surface area contributed by atoms with Gasteiger partial charge in [-0.3, -0.25) is 9.59 Å². The Morgan fingerprint density at radius 3 is 2.44 bits per heavy atom. The highest BCUT2D eigenvalue weighted by atomic mass is 19.1. The molecule has 2 aliphatic rings. The van der Waals surface area contributed by atoms with Crippen molar-refractivity contribution in [2.75, 3.05) is 38.5 Å². The Hall–Kier alpha value is -3.71. The molecule has 1 saturated heterocycles. The highest BCUT2D eigenvalue weighted by Gasteiger charge is 2.26. The number of nitrogens with zero attached hydrogens (tertiary/aromatic N) is 2. The number of benzene rings is 2. The molecule has 0 atom stereocenters. The van der Waals surface area contributed by atoms with Gasteiger partial charge in [0.15, 0.2) is 0 Å². The number of anilines is 1. The summed E-state index contributed by atoms with van der Waals surface area (Å²) in [5, 5.41) is 2.79. The Morgan fingerprint density at radius 1 is 1.03 bits per heavy atom. The lowest BCUT2D eigenvalue weighted by atomic mass is 9.98. The molecule has 2 amide bonds. The molecular formula is C27H27FN4O2. The minimum Gasteiger partial charge on any atom is -0.358 e. The number of amides is 2. The van der Waals surface area contributed by atoms with Crippen LogP contribution in [0.4, 0.5) is 10.1 Å². The number of H-pyrrole nitrogens is 1. The van der Waals surface area contributed by atoms with Crippen LogP contribution >= 0.6 is 0 Å². The van der Waals surface area contributed by atoms with Gasteiger partial charge in [-0.2, -0.15) is 0 Å². The molecule has 0 radical (unpaired) electrons. The summed E-state index contributed by atoms with van der Waals surface area (Å²) in [6, 6.07) is 12.0. The van der Waals surface area contributed by atoms with Crippen molar-refractivity contribution < 1.29 is 14.0 Å². The van der Waals surface area contributed by atoms with E-state index in [4.69, 9.17) is 0 Å². The number of hydrogen-bond donors (Lipinski definition) is 2. The van der Waals surface area contributed by atoms with E-state index < -0.39 is 0 Å². The van der Waals surface area contributed by atoms with Gasteiger partial charge in [-0.25, -0.2) is 4.39 Å². The molecule has 5 rings (SSSR count). The van der Waals surface area contributed by atoms with Gasteiger partial charge in [0, 0.05) is 59.9 Å². The molecule has 3 aromatic rings. The van der Waals surface area contributed by atoms with Crippen molar-refractivity contribution in [1.29, 1.82) is 0 Å². The van der Waals surface area contributed by atoms with Crippen molar-refractivity contribution in [3.05, 3.63) is 76.4 Å². The third-order valence-electron chi connectivity index (χ3n) is 6.74. The number of fused-ring (bicyclic) bond motifs is 1. The number of carbonyl (C=O) groups is 2. The fourth-order valence-corrected chi connectivity index (χ4v) is 4.77. The first-order valence-corrected chi connectivity index (χ1v) is 11.4. The highest BCUT2D eigenvalue weighted by Crippen LogP contribution is 2.36. The van der Waals surface area contributed by atoms with E-state index in [-0.39, 0.29) is 17.6 Å². The lowest BCUT2D eigenvalue weighted by Gasteiger charge is -2.32. The molecule has 3 heterocycles. The second-order valence-corrected chi connectivity index (χ2v) is 9.04. The number of piperazine rings is 1. The molecular weight excluding hydrogens is 431 g/mol. The monoisotopic (exact) mass is 458 g/mol. The van der Waals surface area contributed by atoms with Gasteiger partial charge >= 0.3 is 0 Å². The topological polar surface area (TPSA) is 68.4 Å². The van der Waals surface area contributed by atoms with Gasteiger partial charge in [0.2, 0.25) is 0 Å². The van der Waals surface area contributed by atoms with Gasteiger partial charge in [0.05, 0.1) is 5.57 Å². The summed E-state index contributed by atoms with van der Waals surface area (Å²) in [6.45, 7) is 7.24. The van der Waals surface area contributed by atoms with Gasteiger partial charge in [-0.1, -0.05) is 12.1 Å². The smallest absolute Gasteiger partial charge is 0.256 e. The standard InChI is InChI=1S/C27H27FN4O2/c1-16-24(15-22-21-14-20(28)8-9-23(21)30-26(22)33)29-17(2)25(16)18-4-6-19(7-5-18)27(34)32-12-10-31(3)11-13-32/h4-9,14-15,29H,10-13H2,1-3H3,(H,30,33)/b22-15+. The van der Waals surface area contributed by atoms with E-state index >= 15 is 0 Å². The molecule has 2 aromatic carbocycles. The quantitative estimate of drug-likeness (QED) is 0.575. The summed E-state index contributed by atoms with van der Waals surface area (Å²) < 4.78 is 13.8. The van der Waals surface area contributed by atoms with E-state index in [1.54, 1.807) is 12.1 Å². The highest BCUT2D eigenvalue weighted by molar-refractivity contribution is 6.34. The molecule has 6 nitrogen and oxygen atoms in total. The number of aromatic nitrogens is 1. The molecule has 0 bridgehead atoms. The maximum atomic E-state index is 13.8. The largest absolute Gasteiger partial charge is 0.358 e. The van der Waals surface area contributed by atoms with Crippen LogP contribution in [-0.2, 0) is 4.79 Å². The lowest BCUT2D eigenvalue weighted by Crippen LogP contribution is -2.47. The van der Waals surface area contributed by atoms with Gasteiger partial charge < -0.3 is 20.1 Å². The van der Waals surface area contributed by atoms with Crippen molar-refractivity contribution in [3.63, 3.8) is 0 Å². The lowest BCUT2D eigenvalue weighted by molar-refractivity contribution is -0.110. The summed E-state index contributed by atoms with van der Waals surface area (Å²) in [5.74, 6) is -0.571. The first kappa shape index (κ1) is 22.1. The normalized spacial score (nSPS) is 17.2. The summed E-state index contributed by atoms with van der Waals surface area (Å²) in [4.78, 5) is 32.9. The van der Waals surface area contributed by atoms with Crippen LogP contribution in [0.1, 0.15) is 32.9 Å². The van der Waals surface area contributed by atoms with E-state index in [1.807, 2.05) is 43.0 Å². The summed E-state index contributed by atoms with van der Waals surface area (Å²) in [6.07, 6.45) is 1.78. The Morgan fingerprint density at radius 2 is 1.74 bits per heavy atom. The zero-order valence-electron chi connectivity index (χ0n) is 19.5. The van der Waals surface area contributed by atoms with Crippen LogP contribution in [0.15, 0.2) is 42.5 Å². The zero-order chi connectivity index (χ0) is 24.0. The van der Waals surface area contributed by atoms with Crippen molar-refractivity contribution in [3.8, 4) is 11.1 Å². The molecule has 0 unspecified atom stereocenters. The van der Waals surface area contributed by atoms with Crippen molar-refractivity contribution >= 4 is 29.2 Å².